The number of phenols is 1. The van der Waals surface area contributed by atoms with E-state index in [0.29, 0.717) is 28.3 Å². The van der Waals surface area contributed by atoms with Gasteiger partial charge in [-0.3, -0.25) is 19.2 Å². The topological polar surface area (TPSA) is 263 Å². The van der Waals surface area contributed by atoms with Gasteiger partial charge in [0.1, 0.15) is 31.0 Å². The fourth-order valence-corrected chi connectivity index (χ4v) is 7.99. The number of Topliss-reactive ketones (excluding diaryl/α,β-unsaturated/α-hetero) is 2. The zero-order chi connectivity index (χ0) is 47.0. The molecule has 4 atom stereocenters. The number of carboxylic acids is 1. The van der Waals surface area contributed by atoms with Crippen LogP contribution in [0.25, 0.3) is 22.5 Å². The molecule has 0 saturated heterocycles. The summed E-state index contributed by atoms with van der Waals surface area (Å²) in [5, 5.41) is 24.4. The zero-order valence-corrected chi connectivity index (χ0v) is 37.7. The van der Waals surface area contributed by atoms with Gasteiger partial charge in [-0.15, -0.1) is 0 Å². The SMILES string of the molecule is Cc1nc(-c2ccc(C(C)(C)C)cc2)nc(C)c1C(=O)C[C@@H](CCN)C(=O)N(C)[C@@H]1C(=O)C[C@@H](C)C(=O)N[C@H](C(=O)O)Cc2cc(OCCN)c(O)c(c2)-c2cc1ccc2OCCN. The molecular formula is C48H61N7O9. The Hall–Kier alpha value is -6.23. The van der Waals surface area contributed by atoms with Crippen molar-refractivity contribution < 1.29 is 43.7 Å². The van der Waals surface area contributed by atoms with Gasteiger partial charge in [0.15, 0.2) is 28.9 Å². The van der Waals surface area contributed by atoms with Crippen molar-refractivity contribution in [3.8, 4) is 39.8 Å². The molecule has 1 aliphatic rings. The fourth-order valence-electron chi connectivity index (χ4n) is 7.99. The quantitative estimate of drug-likeness (QED) is 0.0895. The predicted octanol–water partition coefficient (Wildman–Crippen LogP) is 4.56. The molecule has 3 aromatic carbocycles. The summed E-state index contributed by atoms with van der Waals surface area (Å²) in [6.07, 6.45) is -0.735. The highest BCUT2D eigenvalue weighted by molar-refractivity contribution is 6.01. The highest BCUT2D eigenvalue weighted by Gasteiger charge is 2.37. The number of likely N-dealkylation sites (N-methyl/N-ethyl adjacent to an activating group) is 1. The van der Waals surface area contributed by atoms with Gasteiger partial charge in [0, 0.05) is 67.9 Å². The third-order valence-electron chi connectivity index (χ3n) is 11.4. The monoisotopic (exact) mass is 879 g/mol. The van der Waals surface area contributed by atoms with E-state index in [1.54, 1.807) is 38.1 Å². The van der Waals surface area contributed by atoms with Crippen LogP contribution in [0.1, 0.15) is 91.4 Å². The normalized spacial score (nSPS) is 17.2. The van der Waals surface area contributed by atoms with Gasteiger partial charge in [0.2, 0.25) is 11.8 Å². The van der Waals surface area contributed by atoms with Crippen molar-refractivity contribution in [2.75, 3.05) is 39.9 Å². The van der Waals surface area contributed by atoms with Crippen molar-refractivity contribution in [1.82, 2.24) is 20.2 Å². The number of phenolic OH excluding ortho intramolecular Hbond substituents is 1. The Bertz CT molecular complexity index is 2360. The summed E-state index contributed by atoms with van der Waals surface area (Å²) in [4.78, 5) is 80.2. The van der Waals surface area contributed by atoms with Gasteiger partial charge < -0.3 is 47.1 Å². The minimum atomic E-state index is -1.42. The van der Waals surface area contributed by atoms with Gasteiger partial charge in [-0.25, -0.2) is 14.8 Å². The van der Waals surface area contributed by atoms with E-state index in [-0.39, 0.29) is 104 Å². The first-order chi connectivity index (χ1) is 30.3. The zero-order valence-electron chi connectivity index (χ0n) is 37.7. The summed E-state index contributed by atoms with van der Waals surface area (Å²) in [6, 6.07) is 13.0. The number of nitrogens with two attached hydrogens (primary N) is 3. The van der Waals surface area contributed by atoms with Crippen LogP contribution in [0.2, 0.25) is 0 Å². The number of aryl methyl sites for hydroxylation is 2. The van der Waals surface area contributed by atoms with E-state index in [1.165, 1.54) is 24.9 Å². The van der Waals surface area contributed by atoms with Crippen molar-refractivity contribution >= 4 is 29.4 Å². The van der Waals surface area contributed by atoms with Gasteiger partial charge in [-0.05, 0) is 73.2 Å². The molecule has 0 fully saturated rings. The summed E-state index contributed by atoms with van der Waals surface area (Å²) in [6.45, 7) is 11.7. The van der Waals surface area contributed by atoms with Gasteiger partial charge in [-0.1, -0.05) is 58.0 Å². The van der Waals surface area contributed by atoms with Crippen molar-refractivity contribution in [2.45, 2.75) is 84.7 Å². The first-order valence-electron chi connectivity index (χ1n) is 21.5. The number of nitrogens with zero attached hydrogens (tertiary/aromatic N) is 3. The lowest BCUT2D eigenvalue weighted by atomic mass is 9.86. The molecule has 0 radical (unpaired) electrons. The molecule has 4 aromatic rings. The maximum absolute atomic E-state index is 14.7. The Labute approximate surface area is 373 Å². The molecule has 1 aliphatic heterocycles. The summed E-state index contributed by atoms with van der Waals surface area (Å²) in [5.41, 5.74) is 21.8. The van der Waals surface area contributed by atoms with E-state index in [9.17, 15) is 34.2 Å². The molecule has 0 spiro atoms. The maximum atomic E-state index is 14.7. The van der Waals surface area contributed by atoms with Crippen molar-refractivity contribution in [2.24, 2.45) is 29.0 Å². The number of carboxylic acid groups (broad SMARTS) is 1. The van der Waals surface area contributed by atoms with Gasteiger partial charge >= 0.3 is 5.97 Å². The predicted molar refractivity (Wildman–Crippen MR) is 242 cm³/mol. The van der Waals surface area contributed by atoms with Crippen LogP contribution in [0.15, 0.2) is 54.6 Å². The molecule has 342 valence electrons. The Balaban J connectivity index is 1.58. The molecule has 16 nitrogen and oxygen atoms in total. The molecule has 1 aromatic heterocycles. The molecule has 2 amide bonds. The molecule has 0 aliphatic carbocycles. The largest absolute Gasteiger partial charge is 0.504 e. The number of ether oxygens (including phenoxy) is 2. The third kappa shape index (κ3) is 11.3. The first-order valence-corrected chi connectivity index (χ1v) is 21.5. The summed E-state index contributed by atoms with van der Waals surface area (Å²) < 4.78 is 11.8. The number of carbonyl (C=O) groups excluding carboxylic acids is 4. The number of benzene rings is 3. The van der Waals surface area contributed by atoms with Crippen LogP contribution >= 0.6 is 0 Å². The number of rotatable bonds is 15. The van der Waals surface area contributed by atoms with Crippen LogP contribution in [0, 0.1) is 25.7 Å². The van der Waals surface area contributed by atoms with Crippen LogP contribution < -0.4 is 32.0 Å². The number of hydrogen-bond acceptors (Lipinski definition) is 13. The van der Waals surface area contributed by atoms with Crippen LogP contribution in [0.4, 0.5) is 0 Å². The molecular weight excluding hydrogens is 819 g/mol. The number of fused-ring (bicyclic) bond motifs is 5. The Morgan fingerprint density at radius 3 is 2.08 bits per heavy atom. The second-order valence-corrected chi connectivity index (χ2v) is 17.4. The molecule has 0 saturated carbocycles. The maximum Gasteiger partial charge on any atom is 0.326 e. The number of aromatic nitrogens is 2. The Morgan fingerprint density at radius 2 is 1.50 bits per heavy atom. The van der Waals surface area contributed by atoms with Crippen LogP contribution in [-0.2, 0) is 31.0 Å². The summed E-state index contributed by atoms with van der Waals surface area (Å²) in [7, 11) is 1.45. The van der Waals surface area contributed by atoms with Gasteiger partial charge in [0.05, 0.1) is 17.0 Å². The first kappa shape index (κ1) is 48.8. The highest BCUT2D eigenvalue weighted by atomic mass is 16.5. The van der Waals surface area contributed by atoms with E-state index in [1.807, 2.05) is 24.3 Å². The Morgan fingerprint density at radius 1 is 0.875 bits per heavy atom. The molecule has 16 heteroatoms. The van der Waals surface area contributed by atoms with Crippen LogP contribution in [-0.4, -0.2) is 100 Å². The second-order valence-electron chi connectivity index (χ2n) is 17.4. The number of aliphatic carboxylic acids is 1. The molecule has 2 heterocycles. The second kappa shape index (κ2) is 21.0. The van der Waals surface area contributed by atoms with Crippen molar-refractivity contribution in [3.63, 3.8) is 0 Å². The lowest BCUT2D eigenvalue weighted by Gasteiger charge is -2.32. The lowest BCUT2D eigenvalue weighted by Crippen LogP contribution is -2.45. The van der Waals surface area contributed by atoms with Crippen molar-refractivity contribution in [3.05, 3.63) is 88.2 Å². The fraction of sp³-hybridized carbons (Fsp3) is 0.438. The summed E-state index contributed by atoms with van der Waals surface area (Å²) in [5.74, 6) is -5.06. The van der Waals surface area contributed by atoms with Gasteiger partial charge in [-0.2, -0.15) is 0 Å². The number of aromatic hydroxyl groups is 1. The van der Waals surface area contributed by atoms with Crippen LogP contribution in [0.5, 0.6) is 17.2 Å². The van der Waals surface area contributed by atoms with E-state index >= 15 is 0 Å². The van der Waals surface area contributed by atoms with E-state index in [0.717, 1.165) is 11.1 Å². The average molecular weight is 880 g/mol. The number of ketones is 2. The molecule has 64 heavy (non-hydrogen) atoms. The standard InChI is InChI=1S/C48H61N7O9/c1-26-20-38(57)42(55(7)46(60)32(14-15-49)25-37(56)41-27(2)52-44(53-28(41)3)30-8-11-33(12-9-30)48(4,5)6)31-10-13-39(63-18-16-50)34(24-31)35-21-29(22-36(47(61)62)54-45(26)59)23-40(43(35)58)64-19-17-51/h8-13,21,23-24,26,32,36,42,58H,14-20,22,25,49-51H2,1-7H3,(H,54,59)(H,61,62)/t26-,32-,36+,42+/m1/s1. The highest BCUT2D eigenvalue weighted by Crippen LogP contribution is 2.44. The molecule has 0 unspecified atom stereocenters. The molecule has 5 rings (SSSR count). The minimum absolute atomic E-state index is 0.00135. The molecule has 4 bridgehead atoms. The number of nitrogens with one attached hydrogen (secondary N) is 1. The van der Waals surface area contributed by atoms with E-state index in [2.05, 4.69) is 36.1 Å². The van der Waals surface area contributed by atoms with Gasteiger partial charge in [0.25, 0.3) is 0 Å². The lowest BCUT2D eigenvalue weighted by molar-refractivity contribution is -0.144. The molecule has 9 N–H and O–H groups in total. The number of carbonyl (C=O) groups is 5. The van der Waals surface area contributed by atoms with E-state index < -0.39 is 47.5 Å². The third-order valence-corrected chi connectivity index (χ3v) is 11.4. The average Bonchev–Trinajstić information content (AvgIpc) is 3.24. The Kier molecular flexibility index (Phi) is 16.0. The summed E-state index contributed by atoms with van der Waals surface area (Å²) >= 11 is 0. The smallest absolute Gasteiger partial charge is 0.326 e. The number of hydrogen-bond donors (Lipinski definition) is 6. The van der Waals surface area contributed by atoms with E-state index in [4.69, 9.17) is 26.7 Å². The minimum Gasteiger partial charge on any atom is -0.504 e. The number of amides is 2. The van der Waals surface area contributed by atoms with Crippen molar-refractivity contribution in [1.29, 1.82) is 0 Å². The van der Waals surface area contributed by atoms with Crippen LogP contribution in [0.3, 0.4) is 0 Å².